The van der Waals surface area contributed by atoms with Crippen LogP contribution in [0.3, 0.4) is 0 Å². The summed E-state index contributed by atoms with van der Waals surface area (Å²) in [4.78, 5) is 30.7. The van der Waals surface area contributed by atoms with Crippen LogP contribution >= 0.6 is 11.6 Å². The van der Waals surface area contributed by atoms with Gasteiger partial charge in [0, 0.05) is 17.1 Å². The summed E-state index contributed by atoms with van der Waals surface area (Å²) < 4.78 is 10.4. The maximum absolute atomic E-state index is 13.1. The molecule has 1 aromatic heterocycles. The quantitative estimate of drug-likeness (QED) is 0.584. The monoisotopic (exact) mass is 398 g/mol. The fraction of sp³-hybridized carbons (Fsp3) is 0.190. The Morgan fingerprint density at radius 3 is 2.43 bits per heavy atom. The molecule has 1 heterocycles. The maximum Gasteiger partial charge on any atom is 0.325 e. The van der Waals surface area contributed by atoms with Crippen molar-refractivity contribution >= 4 is 23.5 Å². The summed E-state index contributed by atoms with van der Waals surface area (Å²) in [6, 6.07) is 16.4. The second-order valence-corrected chi connectivity index (χ2v) is 6.59. The Labute approximate surface area is 167 Å². The molecule has 0 radical (unpaired) electrons. The van der Waals surface area contributed by atoms with Crippen molar-refractivity contribution in [3.8, 4) is 11.5 Å². The van der Waals surface area contributed by atoms with Gasteiger partial charge in [0.15, 0.2) is 5.69 Å². The molecule has 0 unspecified atom stereocenters. The SMILES string of the molecule is COC(=O)CN(Cc1ccc(Cl)cc1)C(=O)c1nc(-c2ccccc2)oc1C. The van der Waals surface area contributed by atoms with E-state index in [9.17, 15) is 9.59 Å². The number of halogens is 1. The van der Waals surface area contributed by atoms with Gasteiger partial charge in [-0.15, -0.1) is 0 Å². The van der Waals surface area contributed by atoms with E-state index in [1.54, 1.807) is 31.2 Å². The third-order valence-electron chi connectivity index (χ3n) is 4.14. The highest BCUT2D eigenvalue weighted by Gasteiger charge is 2.25. The third kappa shape index (κ3) is 4.58. The van der Waals surface area contributed by atoms with E-state index in [-0.39, 0.29) is 18.8 Å². The van der Waals surface area contributed by atoms with Crippen LogP contribution in [0.4, 0.5) is 0 Å². The molecule has 2 aromatic carbocycles. The summed E-state index contributed by atoms with van der Waals surface area (Å²) in [6.45, 7) is 1.67. The fourth-order valence-corrected chi connectivity index (χ4v) is 2.80. The molecule has 0 aliphatic carbocycles. The smallest absolute Gasteiger partial charge is 0.325 e. The zero-order chi connectivity index (χ0) is 20.1. The number of benzene rings is 2. The van der Waals surface area contributed by atoms with Gasteiger partial charge in [0.25, 0.3) is 5.91 Å². The normalized spacial score (nSPS) is 10.5. The van der Waals surface area contributed by atoms with Crippen molar-refractivity contribution in [2.75, 3.05) is 13.7 Å². The lowest BCUT2D eigenvalue weighted by Gasteiger charge is -2.20. The van der Waals surface area contributed by atoms with Gasteiger partial charge in [-0.25, -0.2) is 4.98 Å². The number of rotatable bonds is 6. The number of carbonyl (C=O) groups excluding carboxylic acids is 2. The number of aromatic nitrogens is 1. The zero-order valence-electron chi connectivity index (χ0n) is 15.5. The minimum Gasteiger partial charge on any atom is -0.468 e. The molecule has 28 heavy (non-hydrogen) atoms. The van der Waals surface area contributed by atoms with Gasteiger partial charge in [-0.05, 0) is 36.8 Å². The Kier molecular flexibility index (Phi) is 6.11. The van der Waals surface area contributed by atoms with Crippen molar-refractivity contribution in [2.45, 2.75) is 13.5 Å². The lowest BCUT2D eigenvalue weighted by Crippen LogP contribution is -2.36. The van der Waals surface area contributed by atoms with Crippen molar-refractivity contribution in [2.24, 2.45) is 0 Å². The van der Waals surface area contributed by atoms with Crippen molar-refractivity contribution in [1.82, 2.24) is 9.88 Å². The molecule has 0 N–H and O–H groups in total. The lowest BCUT2D eigenvalue weighted by molar-refractivity contribution is -0.141. The van der Waals surface area contributed by atoms with Crippen molar-refractivity contribution in [3.05, 3.63) is 76.6 Å². The minimum absolute atomic E-state index is 0.164. The molecule has 0 aliphatic heterocycles. The topological polar surface area (TPSA) is 72.6 Å². The van der Waals surface area contributed by atoms with Crippen LogP contribution in [0.2, 0.25) is 5.02 Å². The van der Waals surface area contributed by atoms with Gasteiger partial charge in [-0.1, -0.05) is 41.9 Å². The van der Waals surface area contributed by atoms with Crippen LogP contribution in [0.1, 0.15) is 21.8 Å². The number of nitrogens with zero attached hydrogens (tertiary/aromatic N) is 2. The molecule has 0 aliphatic rings. The molecule has 3 aromatic rings. The van der Waals surface area contributed by atoms with Crippen LogP contribution in [0.25, 0.3) is 11.5 Å². The van der Waals surface area contributed by atoms with E-state index in [1.165, 1.54) is 12.0 Å². The molecular formula is C21H19ClN2O4. The predicted molar refractivity (Wildman–Crippen MR) is 105 cm³/mol. The summed E-state index contributed by atoms with van der Waals surface area (Å²) in [5, 5.41) is 0.592. The van der Waals surface area contributed by atoms with E-state index in [1.807, 2.05) is 30.3 Å². The lowest BCUT2D eigenvalue weighted by atomic mass is 10.2. The highest BCUT2D eigenvalue weighted by atomic mass is 35.5. The van der Waals surface area contributed by atoms with E-state index < -0.39 is 11.9 Å². The molecule has 0 bridgehead atoms. The summed E-state index contributed by atoms with van der Waals surface area (Å²) in [6.07, 6.45) is 0. The number of methoxy groups -OCH3 is 1. The van der Waals surface area contributed by atoms with Crippen LogP contribution in [-0.4, -0.2) is 35.4 Å². The molecule has 3 rings (SSSR count). The maximum atomic E-state index is 13.1. The number of aryl methyl sites for hydroxylation is 1. The Bertz CT molecular complexity index is 968. The van der Waals surface area contributed by atoms with Crippen molar-refractivity contribution in [1.29, 1.82) is 0 Å². The molecule has 144 valence electrons. The van der Waals surface area contributed by atoms with Crippen LogP contribution in [0, 0.1) is 6.92 Å². The largest absolute Gasteiger partial charge is 0.468 e. The summed E-state index contributed by atoms with van der Waals surface area (Å²) in [7, 11) is 1.28. The molecule has 0 spiro atoms. The first kappa shape index (κ1) is 19.6. The van der Waals surface area contributed by atoms with E-state index in [2.05, 4.69) is 4.98 Å². The van der Waals surface area contributed by atoms with Gasteiger partial charge in [0.05, 0.1) is 7.11 Å². The molecule has 0 atom stereocenters. The number of oxazole rings is 1. The molecule has 6 nitrogen and oxygen atoms in total. The second-order valence-electron chi connectivity index (χ2n) is 6.15. The number of hydrogen-bond acceptors (Lipinski definition) is 5. The third-order valence-corrected chi connectivity index (χ3v) is 4.39. The van der Waals surface area contributed by atoms with Crippen LogP contribution in [0.5, 0.6) is 0 Å². The van der Waals surface area contributed by atoms with E-state index in [4.69, 9.17) is 20.8 Å². The average molecular weight is 399 g/mol. The number of amides is 1. The first-order valence-corrected chi connectivity index (χ1v) is 8.99. The highest BCUT2D eigenvalue weighted by molar-refractivity contribution is 6.30. The first-order valence-electron chi connectivity index (χ1n) is 8.61. The number of carbonyl (C=O) groups is 2. The summed E-state index contributed by atoms with van der Waals surface area (Å²) in [5.41, 5.74) is 1.75. The van der Waals surface area contributed by atoms with E-state index in [0.717, 1.165) is 11.1 Å². The van der Waals surface area contributed by atoms with Gasteiger partial charge < -0.3 is 14.1 Å². The number of esters is 1. The van der Waals surface area contributed by atoms with Crippen molar-refractivity contribution in [3.63, 3.8) is 0 Å². The highest BCUT2D eigenvalue weighted by Crippen LogP contribution is 2.23. The molecule has 0 saturated carbocycles. The van der Waals surface area contributed by atoms with E-state index in [0.29, 0.717) is 16.7 Å². The zero-order valence-corrected chi connectivity index (χ0v) is 16.3. The van der Waals surface area contributed by atoms with Gasteiger partial charge in [-0.2, -0.15) is 0 Å². The number of ether oxygens (including phenoxy) is 1. The van der Waals surface area contributed by atoms with Crippen LogP contribution in [-0.2, 0) is 16.1 Å². The molecule has 7 heteroatoms. The van der Waals surface area contributed by atoms with Crippen molar-refractivity contribution < 1.29 is 18.7 Å². The van der Waals surface area contributed by atoms with E-state index >= 15 is 0 Å². The Hall–Kier alpha value is -3.12. The molecule has 0 saturated heterocycles. The number of hydrogen-bond donors (Lipinski definition) is 0. The second kappa shape index (κ2) is 8.71. The minimum atomic E-state index is -0.522. The van der Waals surface area contributed by atoms with Gasteiger partial charge in [0.1, 0.15) is 12.3 Å². The van der Waals surface area contributed by atoms with Crippen LogP contribution < -0.4 is 0 Å². The summed E-state index contributed by atoms with van der Waals surface area (Å²) >= 11 is 5.92. The standard InChI is InChI=1S/C21H19ClN2O4/c1-14-19(23-20(28-14)16-6-4-3-5-7-16)21(26)24(13-18(25)27-2)12-15-8-10-17(22)11-9-15/h3-11H,12-13H2,1-2H3. The van der Waals surface area contributed by atoms with Crippen LogP contribution in [0.15, 0.2) is 59.0 Å². The Morgan fingerprint density at radius 2 is 1.79 bits per heavy atom. The molecular weight excluding hydrogens is 380 g/mol. The van der Waals surface area contributed by atoms with Gasteiger partial charge >= 0.3 is 5.97 Å². The van der Waals surface area contributed by atoms with Gasteiger partial charge in [0.2, 0.25) is 5.89 Å². The summed E-state index contributed by atoms with van der Waals surface area (Å²) in [5.74, 6) is -0.198. The Morgan fingerprint density at radius 1 is 1.11 bits per heavy atom. The van der Waals surface area contributed by atoms with Gasteiger partial charge in [-0.3, -0.25) is 9.59 Å². The molecule has 0 fully saturated rings. The molecule has 1 amide bonds. The fourth-order valence-electron chi connectivity index (χ4n) is 2.68. The Balaban J connectivity index is 1.89. The average Bonchev–Trinajstić information content (AvgIpc) is 3.10. The first-order chi connectivity index (χ1) is 13.5. The predicted octanol–water partition coefficient (Wildman–Crippen LogP) is 4.12.